The van der Waals surface area contributed by atoms with Gasteiger partial charge in [-0.3, -0.25) is 4.68 Å². The van der Waals surface area contributed by atoms with Crippen LogP contribution in [0.2, 0.25) is 0 Å². The second kappa shape index (κ2) is 15.9. The molecule has 7 aromatic rings. The van der Waals surface area contributed by atoms with Crippen LogP contribution in [0.3, 0.4) is 0 Å². The third kappa shape index (κ3) is 8.21. The number of unbranched alkanes of at least 4 members (excludes halogenated alkanes) is 2. The van der Waals surface area contributed by atoms with E-state index in [1.54, 1.807) is 0 Å². The van der Waals surface area contributed by atoms with E-state index in [1.807, 2.05) is 29.1 Å². The molecule has 4 aromatic carbocycles. The number of aromatic nitrogens is 4. The van der Waals surface area contributed by atoms with Crippen molar-refractivity contribution in [3.8, 4) is 34.1 Å². The predicted molar refractivity (Wildman–Crippen MR) is 215 cm³/mol. The van der Waals surface area contributed by atoms with Crippen LogP contribution >= 0.6 is 0 Å². The molecule has 0 aliphatic rings. The summed E-state index contributed by atoms with van der Waals surface area (Å²) in [5, 5.41) is 7.36. The van der Waals surface area contributed by atoms with Crippen molar-refractivity contribution in [3.63, 3.8) is 0 Å². The van der Waals surface area contributed by atoms with Crippen molar-refractivity contribution >= 4 is 21.8 Å². The van der Waals surface area contributed by atoms with Gasteiger partial charge in [0, 0.05) is 34.5 Å². The van der Waals surface area contributed by atoms with Crippen molar-refractivity contribution in [2.24, 2.45) is 5.41 Å². The minimum atomic E-state index is 0. The van der Waals surface area contributed by atoms with Crippen molar-refractivity contribution < 1.29 is 25.8 Å². The summed E-state index contributed by atoms with van der Waals surface area (Å²) in [5.74, 6) is 2.64. The van der Waals surface area contributed by atoms with E-state index in [4.69, 9.17) is 14.8 Å². The molecule has 3 heterocycles. The zero-order valence-corrected chi connectivity index (χ0v) is 34.6. The van der Waals surface area contributed by atoms with Crippen molar-refractivity contribution in [1.82, 2.24) is 19.3 Å². The van der Waals surface area contributed by atoms with Gasteiger partial charge >= 0.3 is 21.1 Å². The molecule has 7 rings (SSSR count). The molecule has 0 aliphatic heterocycles. The van der Waals surface area contributed by atoms with Gasteiger partial charge in [0.05, 0.1) is 5.69 Å². The van der Waals surface area contributed by atoms with Gasteiger partial charge in [0.25, 0.3) is 0 Å². The Kier molecular flexibility index (Phi) is 11.5. The average molecular weight is 882 g/mol. The van der Waals surface area contributed by atoms with Gasteiger partial charge in [-0.15, -0.1) is 35.7 Å². The number of hydrogen-bond donors (Lipinski definition) is 0. The average Bonchev–Trinajstić information content (AvgIpc) is 3.59. The molecule has 0 saturated carbocycles. The minimum Gasteiger partial charge on any atom is -0.509 e. The summed E-state index contributed by atoms with van der Waals surface area (Å²) in [7, 11) is 0. The van der Waals surface area contributed by atoms with Gasteiger partial charge in [-0.05, 0) is 90.9 Å². The van der Waals surface area contributed by atoms with Crippen LogP contribution in [0.15, 0.2) is 91.1 Å². The van der Waals surface area contributed by atoms with E-state index in [0.29, 0.717) is 17.4 Å². The van der Waals surface area contributed by atoms with Gasteiger partial charge in [-0.25, -0.2) is 4.98 Å². The molecule has 0 N–H and O–H groups in total. The van der Waals surface area contributed by atoms with Gasteiger partial charge in [-0.2, -0.15) is 16.7 Å². The van der Waals surface area contributed by atoms with Gasteiger partial charge in [0.15, 0.2) is 0 Å². The van der Waals surface area contributed by atoms with E-state index in [9.17, 15) is 0 Å². The van der Waals surface area contributed by atoms with Crippen LogP contribution in [-0.4, -0.2) is 19.3 Å². The smallest absolute Gasteiger partial charge is 0.509 e. The van der Waals surface area contributed by atoms with Gasteiger partial charge < -0.3 is 9.30 Å². The number of ether oxygens (including phenoxy) is 1. The monoisotopic (exact) mass is 881 g/mol. The fourth-order valence-electron chi connectivity index (χ4n) is 7.54. The van der Waals surface area contributed by atoms with E-state index in [0.717, 1.165) is 62.4 Å². The third-order valence-electron chi connectivity index (χ3n) is 10.0. The third-order valence-corrected chi connectivity index (χ3v) is 10.0. The molecule has 0 radical (unpaired) electrons. The minimum absolute atomic E-state index is 0. The van der Waals surface area contributed by atoms with Crippen molar-refractivity contribution in [3.05, 3.63) is 131 Å². The number of fused-ring (bicyclic) bond motifs is 3. The number of rotatable bonds is 11. The van der Waals surface area contributed by atoms with Crippen LogP contribution in [0.5, 0.6) is 11.5 Å². The molecular weight excluding hydrogens is 832 g/mol. The Labute approximate surface area is 329 Å². The molecular formula is C47H50N4OPt. The predicted octanol–water partition coefficient (Wildman–Crippen LogP) is 12.6. The summed E-state index contributed by atoms with van der Waals surface area (Å²) in [6.45, 7) is 17.7. The fraction of sp³-hybridized carbons (Fsp3) is 0.319. The first-order valence-electron chi connectivity index (χ1n) is 18.8. The van der Waals surface area contributed by atoms with E-state index in [-0.39, 0.29) is 26.5 Å². The Hall–Kier alpha value is -4.47. The quantitative estimate of drug-likeness (QED) is 0.0960. The number of hydrogen-bond acceptors (Lipinski definition) is 3. The first-order chi connectivity index (χ1) is 25.0. The Morgan fingerprint density at radius 1 is 0.830 bits per heavy atom. The molecule has 0 fully saturated rings. The van der Waals surface area contributed by atoms with Gasteiger partial charge in [-0.1, -0.05) is 102 Å². The number of pyridine rings is 1. The first kappa shape index (κ1) is 38.3. The molecule has 0 spiro atoms. The normalized spacial score (nSPS) is 12.3. The summed E-state index contributed by atoms with van der Waals surface area (Å²) in [6, 6.07) is 37.3. The Morgan fingerprint density at radius 2 is 1.62 bits per heavy atom. The molecule has 274 valence electrons. The summed E-state index contributed by atoms with van der Waals surface area (Å²) in [4.78, 5) is 4.82. The Balaban J connectivity index is 0.00000481. The maximum Gasteiger partial charge on any atom is 2.00 e. The number of nitrogens with zero attached hydrogens (tertiary/aromatic N) is 4. The molecule has 5 nitrogen and oxygen atoms in total. The van der Waals surface area contributed by atoms with Crippen molar-refractivity contribution in [2.75, 3.05) is 0 Å². The van der Waals surface area contributed by atoms with Crippen LogP contribution in [0.4, 0.5) is 0 Å². The SMILES string of the molecule is CCCCCC(C)c1ccc2c(c1)c1ccc(Oc3[c-]c(-n4nc(C)c(-c5ccccc5)c4C)cc(CC(C)(C)C)c3)[c-]c1n2-c1cc(C)ccn1.[Pt+2]. The zero-order chi connectivity index (χ0) is 36.6. The fourth-order valence-corrected chi connectivity index (χ4v) is 7.54. The topological polar surface area (TPSA) is 44.9 Å². The molecule has 6 heteroatoms. The molecule has 1 atom stereocenters. The van der Waals surface area contributed by atoms with Crippen molar-refractivity contribution in [2.45, 2.75) is 93.4 Å². The summed E-state index contributed by atoms with van der Waals surface area (Å²) >= 11 is 0. The van der Waals surface area contributed by atoms with Crippen LogP contribution in [0.25, 0.3) is 44.4 Å². The molecule has 0 amide bonds. The van der Waals surface area contributed by atoms with E-state index < -0.39 is 0 Å². The Morgan fingerprint density at radius 3 is 2.36 bits per heavy atom. The van der Waals surface area contributed by atoms with Crippen LogP contribution in [0, 0.1) is 38.3 Å². The van der Waals surface area contributed by atoms with Crippen LogP contribution < -0.4 is 4.74 Å². The standard InChI is InChI=1S/C47H50N4O.Pt/c1-9-10-12-15-32(3)37-18-21-43-42(27-37)41-20-19-39(29-44(41)50(43)45-24-31(2)22-23-48-45)52-40-26-35(30-47(6,7)8)25-38(28-40)51-34(5)46(33(4)49-51)36-16-13-11-14-17-36;/h11,13-14,16-27,32H,9-10,12,15,30H2,1-8H3;/q-2;+2. The molecule has 0 aliphatic carbocycles. The zero-order valence-electron chi connectivity index (χ0n) is 32.3. The van der Waals surface area contributed by atoms with Crippen LogP contribution in [-0.2, 0) is 27.5 Å². The van der Waals surface area contributed by atoms with E-state index >= 15 is 0 Å². The van der Waals surface area contributed by atoms with Crippen LogP contribution in [0.1, 0.15) is 94.3 Å². The molecule has 0 bridgehead atoms. The maximum absolute atomic E-state index is 6.71. The molecule has 53 heavy (non-hydrogen) atoms. The molecule has 3 aromatic heterocycles. The van der Waals surface area contributed by atoms with Gasteiger partial charge in [0.2, 0.25) is 0 Å². The summed E-state index contributed by atoms with van der Waals surface area (Å²) in [5.41, 5.74) is 11.1. The second-order valence-electron chi connectivity index (χ2n) is 15.7. The van der Waals surface area contributed by atoms with E-state index in [1.165, 1.54) is 42.2 Å². The first-order valence-corrected chi connectivity index (χ1v) is 18.8. The van der Waals surface area contributed by atoms with Gasteiger partial charge in [0.1, 0.15) is 5.82 Å². The van der Waals surface area contributed by atoms with E-state index in [2.05, 4.69) is 139 Å². The molecule has 0 saturated heterocycles. The molecule has 1 unspecified atom stereocenters. The largest absolute Gasteiger partial charge is 2.00 e. The second-order valence-corrected chi connectivity index (χ2v) is 15.7. The number of benzene rings is 4. The summed E-state index contributed by atoms with van der Waals surface area (Å²) in [6.07, 6.45) is 7.72. The Bertz CT molecular complexity index is 2360. The number of aryl methyl sites for hydroxylation is 2. The summed E-state index contributed by atoms with van der Waals surface area (Å²) < 4.78 is 10.9. The van der Waals surface area contributed by atoms with Crippen molar-refractivity contribution in [1.29, 1.82) is 0 Å². The maximum atomic E-state index is 6.71.